The van der Waals surface area contributed by atoms with Gasteiger partial charge in [0.15, 0.2) is 0 Å². The maximum absolute atomic E-state index is 13.2. The summed E-state index contributed by atoms with van der Waals surface area (Å²) in [4.78, 5) is 40.6. The van der Waals surface area contributed by atoms with E-state index in [0.29, 0.717) is 87.2 Å². The molecule has 218 valence electrons. The van der Waals surface area contributed by atoms with Gasteiger partial charge in [0.2, 0.25) is 5.95 Å². The van der Waals surface area contributed by atoms with Crippen molar-refractivity contribution in [1.29, 1.82) is 0 Å². The number of anilines is 2. The van der Waals surface area contributed by atoms with Crippen LogP contribution in [0.15, 0.2) is 53.6 Å². The molecule has 1 aliphatic carbocycles. The number of rotatable bonds is 6. The van der Waals surface area contributed by atoms with Gasteiger partial charge in [0.25, 0.3) is 5.56 Å². The first kappa shape index (κ1) is 28.2. The van der Waals surface area contributed by atoms with Crippen molar-refractivity contribution in [3.05, 3.63) is 69.2 Å². The zero-order valence-electron chi connectivity index (χ0n) is 23.6. The van der Waals surface area contributed by atoms with E-state index in [0.717, 1.165) is 0 Å². The number of benzene rings is 1. The quantitative estimate of drug-likeness (QED) is 0.286. The second-order valence-electron chi connectivity index (χ2n) is 11.7. The molecule has 0 bridgehead atoms. The summed E-state index contributed by atoms with van der Waals surface area (Å²) in [5.41, 5.74) is 0.529. The Kier molecular flexibility index (Phi) is 7.22. The van der Waals surface area contributed by atoms with E-state index < -0.39 is 5.60 Å². The summed E-state index contributed by atoms with van der Waals surface area (Å²) in [5, 5.41) is 4.52. The molecule has 10 nitrogen and oxygen atoms in total. The second kappa shape index (κ2) is 10.7. The molecule has 0 radical (unpaired) electrons. The van der Waals surface area contributed by atoms with E-state index in [1.54, 1.807) is 54.7 Å². The smallest absolute Gasteiger partial charge is 0.410 e. The van der Waals surface area contributed by atoms with Gasteiger partial charge in [-0.15, -0.1) is 0 Å². The summed E-state index contributed by atoms with van der Waals surface area (Å²) in [5.74, 6) is 2.80. The molecule has 1 saturated carbocycles. The molecule has 12 heteroatoms. The van der Waals surface area contributed by atoms with Crippen LogP contribution in [0.4, 0.5) is 16.6 Å². The van der Waals surface area contributed by atoms with Crippen LogP contribution in [-0.4, -0.2) is 55.8 Å². The Hall–Kier alpha value is -3.89. The number of ether oxygens (including phenoxy) is 2. The van der Waals surface area contributed by atoms with Gasteiger partial charge in [0, 0.05) is 43.2 Å². The van der Waals surface area contributed by atoms with Crippen molar-refractivity contribution in [1.82, 2.24) is 24.4 Å². The minimum absolute atomic E-state index is 0.244. The number of likely N-dealkylation sites (tertiary alicyclic amines) is 1. The van der Waals surface area contributed by atoms with E-state index >= 15 is 0 Å². The summed E-state index contributed by atoms with van der Waals surface area (Å²) in [6.07, 6.45) is 3.03. The third-order valence-electron chi connectivity index (χ3n) is 7.62. The maximum atomic E-state index is 13.2. The Morgan fingerprint density at radius 1 is 1.07 bits per heavy atom. The minimum atomic E-state index is -0.490. The number of amides is 1. The molecule has 1 amide bonds. The van der Waals surface area contributed by atoms with Crippen LogP contribution in [0, 0.1) is 17.8 Å². The van der Waals surface area contributed by atoms with Crippen LogP contribution < -0.4 is 15.6 Å². The Bertz CT molecular complexity index is 1710. The molecule has 4 aromatic rings. The topological polar surface area (TPSA) is 111 Å². The van der Waals surface area contributed by atoms with Gasteiger partial charge in [-0.25, -0.2) is 14.8 Å². The highest BCUT2D eigenvalue weighted by Crippen LogP contribution is 2.52. The molecule has 2 fully saturated rings. The van der Waals surface area contributed by atoms with Crippen LogP contribution in [-0.2, 0) is 11.8 Å². The molecule has 1 aliphatic heterocycles. The molecule has 6 rings (SSSR count). The molecule has 1 aromatic carbocycles. The number of pyridine rings is 2. The molecular weight excluding hydrogens is 579 g/mol. The molecule has 4 heterocycles. The second-order valence-corrected chi connectivity index (χ2v) is 12.5. The van der Waals surface area contributed by atoms with Gasteiger partial charge in [0.1, 0.15) is 22.8 Å². The Labute approximate surface area is 252 Å². The van der Waals surface area contributed by atoms with E-state index in [1.807, 2.05) is 26.8 Å². The van der Waals surface area contributed by atoms with Gasteiger partial charge in [-0.3, -0.25) is 9.36 Å². The number of aromatic nitrogens is 4. The average molecular weight is 610 g/mol. The number of nitrogens with one attached hydrogen (secondary N) is 1. The number of halogens is 2. The van der Waals surface area contributed by atoms with Gasteiger partial charge in [-0.2, -0.15) is 4.98 Å². The van der Waals surface area contributed by atoms with Crippen LogP contribution >= 0.6 is 23.2 Å². The van der Waals surface area contributed by atoms with Crippen LogP contribution in [0.2, 0.25) is 10.0 Å². The van der Waals surface area contributed by atoms with Crippen LogP contribution in [0.25, 0.3) is 22.2 Å². The van der Waals surface area contributed by atoms with Crippen molar-refractivity contribution in [2.75, 3.05) is 25.0 Å². The first-order valence-electron chi connectivity index (χ1n) is 13.6. The van der Waals surface area contributed by atoms with Crippen LogP contribution in [0.3, 0.4) is 0 Å². The predicted octanol–water partition coefficient (Wildman–Crippen LogP) is 5.93. The van der Waals surface area contributed by atoms with Gasteiger partial charge in [-0.05, 0) is 62.9 Å². The zero-order valence-corrected chi connectivity index (χ0v) is 25.1. The summed E-state index contributed by atoms with van der Waals surface area (Å²) in [6, 6.07) is 10.4. The molecule has 3 aromatic heterocycles. The highest BCUT2D eigenvalue weighted by molar-refractivity contribution is 6.39. The van der Waals surface area contributed by atoms with Crippen molar-refractivity contribution >= 4 is 52.1 Å². The van der Waals surface area contributed by atoms with E-state index in [-0.39, 0.29) is 11.7 Å². The standard InChI is InChI=1S/C30H30Cl2N6O4/c1-30(2,3)42-29(40)38-13-19-20(14-38)21(19)15-41-17-8-9-24(33-12-17)35-28-34-11-16-10-18(27(39)37(4)26(16)36-28)25-22(31)6-5-7-23(25)32/h5-12,19-21H,13-15H2,1-4H3,(H,33,34,35,36)/t19-,20+,21?. The average Bonchev–Trinajstić information content (AvgIpc) is 3.37. The molecule has 1 unspecified atom stereocenters. The van der Waals surface area contributed by atoms with Crippen LogP contribution in [0.1, 0.15) is 20.8 Å². The fourth-order valence-electron chi connectivity index (χ4n) is 5.46. The lowest BCUT2D eigenvalue weighted by atomic mass is 10.1. The first-order chi connectivity index (χ1) is 20.0. The monoisotopic (exact) mass is 608 g/mol. The van der Waals surface area contributed by atoms with E-state index in [1.165, 1.54) is 4.57 Å². The van der Waals surface area contributed by atoms with Crippen molar-refractivity contribution < 1.29 is 14.3 Å². The molecule has 42 heavy (non-hydrogen) atoms. The number of aryl methyl sites for hydroxylation is 1. The highest BCUT2D eigenvalue weighted by Gasteiger charge is 2.57. The van der Waals surface area contributed by atoms with Crippen molar-refractivity contribution in [2.45, 2.75) is 26.4 Å². The van der Waals surface area contributed by atoms with Gasteiger partial charge in [-0.1, -0.05) is 29.3 Å². The third-order valence-corrected chi connectivity index (χ3v) is 8.25. The lowest BCUT2D eigenvalue weighted by molar-refractivity contribution is 0.0261. The highest BCUT2D eigenvalue weighted by atomic mass is 35.5. The van der Waals surface area contributed by atoms with Gasteiger partial charge >= 0.3 is 6.09 Å². The summed E-state index contributed by atoms with van der Waals surface area (Å²) in [7, 11) is 1.64. The fourth-order valence-corrected chi connectivity index (χ4v) is 6.06. The molecular formula is C30H30Cl2N6O4. The van der Waals surface area contributed by atoms with Crippen LogP contribution in [0.5, 0.6) is 5.75 Å². The lowest BCUT2D eigenvalue weighted by Crippen LogP contribution is -2.37. The van der Waals surface area contributed by atoms with E-state index in [2.05, 4.69) is 20.3 Å². The first-order valence-corrected chi connectivity index (χ1v) is 14.4. The summed E-state index contributed by atoms with van der Waals surface area (Å²) in [6.45, 7) is 7.62. The number of piperidine rings is 1. The molecule has 1 N–H and O–H groups in total. The van der Waals surface area contributed by atoms with Gasteiger partial charge in [0.05, 0.1) is 28.4 Å². The SMILES string of the molecule is Cn1c(=O)c(-c2c(Cl)cccc2Cl)cc2cnc(Nc3ccc(OCC4[C@H]5CN(C(=O)OC(C)(C)C)C[C@@H]45)cn3)nc21. The summed E-state index contributed by atoms with van der Waals surface area (Å²) < 4.78 is 12.9. The fraction of sp³-hybridized carbons (Fsp3) is 0.367. The molecule has 2 aliphatic rings. The zero-order chi connectivity index (χ0) is 29.8. The number of nitrogens with zero attached hydrogens (tertiary/aromatic N) is 5. The van der Waals surface area contributed by atoms with Gasteiger partial charge < -0.3 is 19.7 Å². The Balaban J connectivity index is 1.07. The summed E-state index contributed by atoms with van der Waals surface area (Å²) >= 11 is 12.7. The number of hydrogen-bond donors (Lipinski definition) is 1. The molecule has 1 saturated heterocycles. The van der Waals surface area contributed by atoms with Crippen molar-refractivity contribution in [3.8, 4) is 16.9 Å². The number of carbonyl (C=O) groups excluding carboxylic acids is 1. The number of hydrogen-bond acceptors (Lipinski definition) is 8. The van der Waals surface area contributed by atoms with E-state index in [9.17, 15) is 9.59 Å². The molecule has 0 spiro atoms. The largest absolute Gasteiger partial charge is 0.492 e. The maximum Gasteiger partial charge on any atom is 0.410 e. The molecule has 3 atom stereocenters. The third kappa shape index (κ3) is 5.61. The van der Waals surface area contributed by atoms with E-state index in [4.69, 9.17) is 32.7 Å². The minimum Gasteiger partial charge on any atom is -0.492 e. The number of fused-ring (bicyclic) bond motifs is 2. The predicted molar refractivity (Wildman–Crippen MR) is 162 cm³/mol. The number of carbonyl (C=O) groups is 1. The normalized spacial score (nSPS) is 19.5. The Morgan fingerprint density at radius 3 is 2.43 bits per heavy atom. The van der Waals surface area contributed by atoms with Crippen molar-refractivity contribution in [3.63, 3.8) is 0 Å². The Morgan fingerprint density at radius 2 is 1.79 bits per heavy atom. The van der Waals surface area contributed by atoms with Crippen molar-refractivity contribution in [2.24, 2.45) is 24.8 Å². The lowest BCUT2D eigenvalue weighted by Gasteiger charge is -2.25.